The summed E-state index contributed by atoms with van der Waals surface area (Å²) in [5.41, 5.74) is 2.33. The number of hydrogen-bond acceptors (Lipinski definition) is 3. The molecule has 0 aromatic heterocycles. The minimum Gasteiger partial charge on any atom is -0.392 e. The molecule has 0 amide bonds. The maximum Gasteiger partial charge on any atom is 0.0681 e. The minimum absolute atomic E-state index is 0.133. The normalized spacial score (nSPS) is 20.4. The number of aliphatic hydroxyl groups is 1. The summed E-state index contributed by atoms with van der Waals surface area (Å²) in [4.78, 5) is 2.52. The average molecular weight is 251 g/mol. The van der Waals surface area contributed by atoms with Crippen molar-refractivity contribution < 1.29 is 5.11 Å². The van der Waals surface area contributed by atoms with Crippen LogP contribution in [-0.2, 0) is 13.2 Å². The zero-order valence-electron chi connectivity index (χ0n) is 10.6. The third-order valence-electron chi connectivity index (χ3n) is 3.12. The van der Waals surface area contributed by atoms with Gasteiger partial charge in [-0.05, 0) is 25.0 Å². The van der Waals surface area contributed by atoms with Crippen LogP contribution < -0.4 is 0 Å². The van der Waals surface area contributed by atoms with Crippen molar-refractivity contribution in [2.75, 3.05) is 18.8 Å². The van der Waals surface area contributed by atoms with Crippen LogP contribution in [0.25, 0.3) is 0 Å². The molecule has 1 saturated heterocycles. The highest BCUT2D eigenvalue weighted by molar-refractivity contribution is 8.00. The molecule has 1 fully saturated rings. The zero-order chi connectivity index (χ0) is 12.3. The molecule has 1 heterocycles. The van der Waals surface area contributed by atoms with Crippen LogP contribution in [0.2, 0.25) is 0 Å². The van der Waals surface area contributed by atoms with E-state index in [2.05, 4.69) is 42.6 Å². The SMILES string of the molecule is CC1(C)CN(Cc2ccc(CO)cc2)CCS1. The molecule has 0 saturated carbocycles. The van der Waals surface area contributed by atoms with E-state index >= 15 is 0 Å². The number of thioether (sulfide) groups is 1. The van der Waals surface area contributed by atoms with Gasteiger partial charge in [-0.2, -0.15) is 11.8 Å². The Bertz CT molecular complexity index is 361. The number of nitrogens with zero attached hydrogens (tertiary/aromatic N) is 1. The quantitative estimate of drug-likeness (QED) is 0.893. The Labute approximate surface area is 108 Å². The van der Waals surface area contributed by atoms with Crippen LogP contribution in [-0.4, -0.2) is 33.6 Å². The van der Waals surface area contributed by atoms with Crippen LogP contribution >= 0.6 is 11.8 Å². The second-order valence-corrected chi connectivity index (χ2v) is 7.10. The highest BCUT2D eigenvalue weighted by Crippen LogP contribution is 2.30. The van der Waals surface area contributed by atoms with Crippen molar-refractivity contribution in [3.05, 3.63) is 35.4 Å². The lowest BCUT2D eigenvalue weighted by molar-refractivity contribution is 0.252. The van der Waals surface area contributed by atoms with Gasteiger partial charge in [-0.25, -0.2) is 0 Å². The van der Waals surface area contributed by atoms with Crippen molar-refractivity contribution in [2.24, 2.45) is 0 Å². The molecule has 1 N–H and O–H groups in total. The second kappa shape index (κ2) is 5.42. The Morgan fingerprint density at radius 1 is 1.24 bits per heavy atom. The van der Waals surface area contributed by atoms with Crippen LogP contribution in [0, 0.1) is 0 Å². The van der Waals surface area contributed by atoms with Crippen molar-refractivity contribution in [1.29, 1.82) is 0 Å². The monoisotopic (exact) mass is 251 g/mol. The molecule has 0 bridgehead atoms. The van der Waals surface area contributed by atoms with Crippen LogP contribution in [0.5, 0.6) is 0 Å². The van der Waals surface area contributed by atoms with Gasteiger partial charge < -0.3 is 5.11 Å². The Balaban J connectivity index is 1.95. The Morgan fingerprint density at radius 2 is 1.88 bits per heavy atom. The molecule has 0 aliphatic carbocycles. The van der Waals surface area contributed by atoms with Gasteiger partial charge in [0.2, 0.25) is 0 Å². The summed E-state index contributed by atoms with van der Waals surface area (Å²) in [6, 6.07) is 8.28. The van der Waals surface area contributed by atoms with E-state index in [1.807, 2.05) is 12.1 Å². The van der Waals surface area contributed by atoms with Crippen molar-refractivity contribution in [1.82, 2.24) is 4.90 Å². The van der Waals surface area contributed by atoms with Gasteiger partial charge in [0.1, 0.15) is 0 Å². The smallest absolute Gasteiger partial charge is 0.0681 e. The molecule has 0 radical (unpaired) electrons. The lowest BCUT2D eigenvalue weighted by Crippen LogP contribution is -2.42. The predicted molar refractivity (Wildman–Crippen MR) is 74.2 cm³/mol. The fourth-order valence-corrected chi connectivity index (χ4v) is 3.43. The third kappa shape index (κ3) is 3.73. The molecule has 1 aliphatic rings. The summed E-state index contributed by atoms with van der Waals surface area (Å²) in [5, 5.41) is 9.01. The van der Waals surface area contributed by atoms with Crippen molar-refractivity contribution >= 4 is 11.8 Å². The molecule has 1 aliphatic heterocycles. The van der Waals surface area contributed by atoms with E-state index in [1.165, 1.54) is 17.9 Å². The molecule has 0 spiro atoms. The topological polar surface area (TPSA) is 23.5 Å². The van der Waals surface area contributed by atoms with Crippen molar-refractivity contribution in [3.63, 3.8) is 0 Å². The first-order valence-corrected chi connectivity index (χ1v) is 7.13. The van der Waals surface area contributed by atoms with Gasteiger partial charge >= 0.3 is 0 Å². The van der Waals surface area contributed by atoms with Gasteiger partial charge in [0.15, 0.2) is 0 Å². The summed E-state index contributed by atoms with van der Waals surface area (Å²) in [6.45, 7) is 8.12. The Morgan fingerprint density at radius 3 is 2.47 bits per heavy atom. The van der Waals surface area contributed by atoms with E-state index in [1.54, 1.807) is 0 Å². The average Bonchev–Trinajstić information content (AvgIpc) is 2.29. The van der Waals surface area contributed by atoms with Crippen molar-refractivity contribution in [2.45, 2.75) is 31.7 Å². The summed E-state index contributed by atoms with van der Waals surface area (Å²) in [5.74, 6) is 1.22. The van der Waals surface area contributed by atoms with E-state index in [0.29, 0.717) is 4.75 Å². The summed E-state index contributed by atoms with van der Waals surface area (Å²) in [6.07, 6.45) is 0. The van der Waals surface area contributed by atoms with Crippen LogP contribution in [0.4, 0.5) is 0 Å². The van der Waals surface area contributed by atoms with Gasteiger partial charge in [-0.15, -0.1) is 0 Å². The number of hydrogen-bond donors (Lipinski definition) is 1. The third-order valence-corrected chi connectivity index (χ3v) is 4.41. The molecule has 0 unspecified atom stereocenters. The van der Waals surface area contributed by atoms with Crippen molar-refractivity contribution in [3.8, 4) is 0 Å². The first kappa shape index (κ1) is 12.9. The largest absolute Gasteiger partial charge is 0.392 e. The summed E-state index contributed by atoms with van der Waals surface area (Å²) in [7, 11) is 0. The highest BCUT2D eigenvalue weighted by atomic mass is 32.2. The van der Waals surface area contributed by atoms with E-state index in [9.17, 15) is 0 Å². The lowest BCUT2D eigenvalue weighted by atomic mass is 10.1. The molecule has 0 atom stereocenters. The molecule has 17 heavy (non-hydrogen) atoms. The second-order valence-electron chi connectivity index (χ2n) is 5.29. The summed E-state index contributed by atoms with van der Waals surface area (Å²) >= 11 is 2.07. The molecule has 2 rings (SSSR count). The first-order valence-electron chi connectivity index (χ1n) is 6.14. The predicted octanol–water partition coefficient (Wildman–Crippen LogP) is 2.51. The minimum atomic E-state index is 0.133. The highest BCUT2D eigenvalue weighted by Gasteiger charge is 2.26. The van der Waals surface area contributed by atoms with Crippen LogP contribution in [0.1, 0.15) is 25.0 Å². The Hall–Kier alpha value is -0.510. The Kier molecular flexibility index (Phi) is 4.13. The first-order chi connectivity index (χ1) is 8.09. The fourth-order valence-electron chi connectivity index (χ4n) is 2.26. The van der Waals surface area contributed by atoms with Gasteiger partial charge in [-0.3, -0.25) is 4.90 Å². The molecular weight excluding hydrogens is 230 g/mol. The molecule has 2 nitrogen and oxygen atoms in total. The van der Waals surface area contributed by atoms with Crippen LogP contribution in [0.3, 0.4) is 0 Å². The van der Waals surface area contributed by atoms with Gasteiger partial charge in [0.25, 0.3) is 0 Å². The van der Waals surface area contributed by atoms with E-state index < -0.39 is 0 Å². The van der Waals surface area contributed by atoms with E-state index in [0.717, 1.165) is 18.7 Å². The standard InChI is InChI=1S/C14H21NOS/c1-14(2)11-15(7-8-17-14)9-12-3-5-13(10-16)6-4-12/h3-6,16H,7-11H2,1-2H3. The number of rotatable bonds is 3. The number of aliphatic hydroxyl groups excluding tert-OH is 1. The molecular formula is C14H21NOS. The maximum atomic E-state index is 9.01. The molecule has 1 aromatic carbocycles. The van der Waals surface area contributed by atoms with Gasteiger partial charge in [-0.1, -0.05) is 24.3 Å². The molecule has 1 aromatic rings. The fraction of sp³-hybridized carbons (Fsp3) is 0.571. The van der Waals surface area contributed by atoms with Crippen LogP contribution in [0.15, 0.2) is 24.3 Å². The lowest BCUT2D eigenvalue weighted by Gasteiger charge is -2.37. The van der Waals surface area contributed by atoms with E-state index in [4.69, 9.17) is 5.11 Å². The van der Waals surface area contributed by atoms with Gasteiger partial charge in [0, 0.05) is 30.1 Å². The van der Waals surface area contributed by atoms with Gasteiger partial charge in [0.05, 0.1) is 6.61 Å². The molecule has 94 valence electrons. The maximum absolute atomic E-state index is 9.01. The number of benzene rings is 1. The zero-order valence-corrected chi connectivity index (χ0v) is 11.5. The van der Waals surface area contributed by atoms with E-state index in [-0.39, 0.29) is 6.61 Å². The molecule has 3 heteroatoms. The summed E-state index contributed by atoms with van der Waals surface area (Å²) < 4.78 is 0.378.